The van der Waals surface area contributed by atoms with E-state index in [-0.39, 0.29) is 0 Å². The molecule has 0 saturated carbocycles. The minimum absolute atomic E-state index is 1.47. The van der Waals surface area contributed by atoms with Gasteiger partial charge in [0.15, 0.2) is 0 Å². The third kappa shape index (κ3) is 3.92. The van der Waals surface area contributed by atoms with Gasteiger partial charge in [-0.2, -0.15) is 0 Å². The number of hydrogen-bond acceptors (Lipinski definition) is 2. The van der Waals surface area contributed by atoms with Crippen LogP contribution < -0.4 is 11.1 Å². The molecule has 0 aliphatic rings. The summed E-state index contributed by atoms with van der Waals surface area (Å²) < 4.78 is 47.3. The van der Waals surface area contributed by atoms with Gasteiger partial charge in [0.05, 0.1) is 0 Å². The van der Waals surface area contributed by atoms with Gasteiger partial charge < -0.3 is 11.1 Å². The van der Waals surface area contributed by atoms with E-state index in [2.05, 4.69) is 0 Å². The monoisotopic (exact) mass is 81.1 g/mol. The minimum atomic E-state index is -2.78. The van der Waals surface area contributed by atoms with Gasteiger partial charge in [0.2, 0.25) is 0 Å². The molecule has 0 heterocycles. The Balaban J connectivity index is 4.44. The number of nitrogens with one attached hydrogen (secondary N) is 1. The molecule has 5 heavy (non-hydrogen) atoms. The Morgan fingerprint density at radius 1 is 2.40 bits per heavy atom. The normalized spacial score (nSPS) is 37.4. The Morgan fingerprint density at radius 2 is 3.20 bits per heavy atom. The number of hydrogen-bond donors (Lipinski definition) is 2. The Labute approximate surface area is 42.2 Å². The molecule has 0 aromatic rings. The van der Waals surface area contributed by atoms with E-state index in [4.69, 9.17) is 15.3 Å². The van der Waals surface area contributed by atoms with E-state index in [0.29, 0.717) is 0 Å². The topological polar surface area (TPSA) is 38.0 Å². The van der Waals surface area contributed by atoms with Crippen LogP contribution in [0.4, 0.5) is 0 Å². The Kier molecular flexibility index (Phi) is 0.497. The molecule has 0 saturated heterocycles. The van der Waals surface area contributed by atoms with Gasteiger partial charge in [-0.15, -0.1) is 0 Å². The average Bonchev–Trinajstić information content (AvgIpc) is 1.52. The van der Waals surface area contributed by atoms with Crippen LogP contribution in [-0.2, 0) is 0 Å². The van der Waals surface area contributed by atoms with Crippen molar-refractivity contribution in [1.29, 1.82) is 0 Å². The first-order valence-electron chi connectivity index (χ1n) is 4.54. The Bertz CT molecular complexity index is 155. The SMILES string of the molecule is [2H]C([2H])([2H])NC([2H])([2H])C([2H])([2H])N. The first kappa shape index (κ1) is 0.634. The molecule has 2 nitrogen and oxygen atoms in total. The second-order valence-corrected chi connectivity index (χ2v) is 0.394. The molecule has 0 unspecified atom stereocenters. The lowest BCUT2D eigenvalue weighted by Crippen LogP contribution is -2.17. The second kappa shape index (κ2) is 3.92. The fourth-order valence-corrected chi connectivity index (χ4v) is 0.0361. The van der Waals surface area contributed by atoms with Gasteiger partial charge in [-0.3, -0.25) is 0 Å². The summed E-state index contributed by atoms with van der Waals surface area (Å²) >= 11 is 0. The molecule has 0 rings (SSSR count). The standard InChI is InChI=1S/C3H10N2/c1-5-3-2-4/h5H,2-4H2,1H3/i1D3,2D2,3D2. The maximum atomic E-state index is 6.93. The van der Waals surface area contributed by atoms with Crippen molar-refractivity contribution in [1.82, 2.24) is 5.32 Å². The van der Waals surface area contributed by atoms with Gasteiger partial charge in [-0.05, 0) is 6.98 Å². The Morgan fingerprint density at radius 3 is 3.40 bits per heavy atom. The van der Waals surface area contributed by atoms with E-state index in [0.717, 1.165) is 0 Å². The highest BCUT2D eigenvalue weighted by molar-refractivity contribution is 4.33. The summed E-state index contributed by atoms with van der Waals surface area (Å²) in [5.74, 6) is 0. The van der Waals surface area contributed by atoms with Crippen molar-refractivity contribution in [3.8, 4) is 0 Å². The lowest BCUT2D eigenvalue weighted by molar-refractivity contribution is 0.802. The molecular weight excluding hydrogens is 64.0 g/mol. The van der Waals surface area contributed by atoms with E-state index in [1.165, 1.54) is 5.32 Å². The van der Waals surface area contributed by atoms with Crippen LogP contribution in [0.15, 0.2) is 0 Å². The van der Waals surface area contributed by atoms with E-state index in [1.54, 1.807) is 0 Å². The van der Waals surface area contributed by atoms with Gasteiger partial charge in [0.1, 0.15) is 0 Å². The van der Waals surface area contributed by atoms with Crippen LogP contribution in [0.5, 0.6) is 0 Å². The van der Waals surface area contributed by atoms with Crippen LogP contribution in [0, 0.1) is 0 Å². The molecule has 32 valence electrons. The quantitative estimate of drug-likeness (QED) is 0.455. The summed E-state index contributed by atoms with van der Waals surface area (Å²) in [5.41, 5.74) is 4.77. The maximum absolute atomic E-state index is 6.93. The predicted octanol–water partition coefficient (Wildman–Crippen LogP) is -0.836. The van der Waals surface area contributed by atoms with Crippen LogP contribution >= 0.6 is 0 Å². The summed E-state index contributed by atoms with van der Waals surface area (Å²) in [4.78, 5) is 0. The first-order chi connectivity index (χ1) is 4.96. The van der Waals surface area contributed by atoms with Crippen molar-refractivity contribution < 1.29 is 9.60 Å². The van der Waals surface area contributed by atoms with Gasteiger partial charge in [0, 0.05) is 22.6 Å². The number of rotatable bonds is 2. The third-order valence-corrected chi connectivity index (χ3v) is 0.135. The number of likely N-dealkylation sites (N-methyl/N-ethyl adjacent to an activating group) is 1. The lowest BCUT2D eigenvalue weighted by atomic mass is 10.7. The van der Waals surface area contributed by atoms with Gasteiger partial charge >= 0.3 is 0 Å². The highest BCUT2D eigenvalue weighted by Crippen LogP contribution is 1.37. The molecule has 0 fully saturated rings. The molecule has 0 aromatic heterocycles. The zero-order chi connectivity index (χ0) is 10.2. The lowest BCUT2D eigenvalue weighted by Gasteiger charge is -1.85. The molecule has 0 aliphatic heterocycles. The molecule has 0 aliphatic carbocycles. The van der Waals surface area contributed by atoms with E-state index < -0.39 is 20.0 Å². The van der Waals surface area contributed by atoms with Crippen molar-refractivity contribution in [2.45, 2.75) is 0 Å². The first-order valence-corrected chi connectivity index (χ1v) is 1.04. The molecule has 2 heteroatoms. The minimum Gasteiger partial charge on any atom is -0.329 e. The largest absolute Gasteiger partial charge is 0.329 e. The summed E-state index contributed by atoms with van der Waals surface area (Å²) in [7, 11) is 0. The summed E-state index contributed by atoms with van der Waals surface area (Å²) in [6, 6.07) is 0. The molecule has 0 radical (unpaired) electrons. The molecule has 0 aromatic carbocycles. The van der Waals surface area contributed by atoms with Crippen molar-refractivity contribution in [3.63, 3.8) is 0 Å². The summed E-state index contributed by atoms with van der Waals surface area (Å²) in [5, 5.41) is 1.47. The van der Waals surface area contributed by atoms with Crippen LogP contribution in [0.1, 0.15) is 9.60 Å². The zero-order valence-corrected chi connectivity index (χ0v) is 2.58. The van der Waals surface area contributed by atoms with Crippen LogP contribution in [0.2, 0.25) is 0 Å². The van der Waals surface area contributed by atoms with Crippen LogP contribution in [0.3, 0.4) is 0 Å². The zero-order valence-electron chi connectivity index (χ0n) is 9.58. The third-order valence-electron chi connectivity index (χ3n) is 0.135. The predicted molar refractivity (Wildman–Crippen MR) is 23.0 cm³/mol. The Hall–Kier alpha value is -0.0800. The van der Waals surface area contributed by atoms with E-state index >= 15 is 0 Å². The maximum Gasteiger partial charge on any atom is 0.0441 e. The highest BCUT2D eigenvalue weighted by atomic mass is 14.8. The average molecular weight is 81.2 g/mol. The van der Waals surface area contributed by atoms with Crippen molar-refractivity contribution in [2.75, 3.05) is 20.0 Å². The molecule has 0 atom stereocenters. The molecule has 0 bridgehead atoms. The van der Waals surface area contributed by atoms with E-state index in [1.807, 2.05) is 0 Å². The fourth-order valence-electron chi connectivity index (χ4n) is 0.0361. The van der Waals surface area contributed by atoms with Crippen molar-refractivity contribution in [2.24, 2.45) is 5.73 Å². The van der Waals surface area contributed by atoms with Crippen molar-refractivity contribution >= 4 is 0 Å². The number of nitrogens with two attached hydrogens (primary N) is 1. The van der Waals surface area contributed by atoms with E-state index in [9.17, 15) is 0 Å². The summed E-state index contributed by atoms with van der Waals surface area (Å²) in [6.07, 6.45) is 0. The van der Waals surface area contributed by atoms with Crippen LogP contribution in [0.25, 0.3) is 0 Å². The second-order valence-electron chi connectivity index (χ2n) is 0.394. The van der Waals surface area contributed by atoms with Crippen molar-refractivity contribution in [3.05, 3.63) is 0 Å². The van der Waals surface area contributed by atoms with Gasteiger partial charge in [0.25, 0.3) is 0 Å². The highest BCUT2D eigenvalue weighted by Gasteiger charge is 1.64. The molecular formula is C3H10N2. The molecule has 0 spiro atoms. The summed E-state index contributed by atoms with van der Waals surface area (Å²) in [6.45, 7) is -8.27. The molecule has 0 amide bonds. The smallest absolute Gasteiger partial charge is 0.0441 e. The van der Waals surface area contributed by atoms with Gasteiger partial charge in [-0.25, -0.2) is 0 Å². The molecule has 3 N–H and O–H groups in total. The van der Waals surface area contributed by atoms with Crippen LogP contribution in [-0.4, -0.2) is 20.0 Å². The van der Waals surface area contributed by atoms with Gasteiger partial charge in [-0.1, -0.05) is 0 Å². The fraction of sp³-hybridized carbons (Fsp3) is 1.00.